The van der Waals surface area contributed by atoms with Crippen molar-refractivity contribution in [1.29, 1.82) is 0 Å². The van der Waals surface area contributed by atoms with E-state index < -0.39 is 0 Å². The molecule has 0 aliphatic carbocycles. The monoisotopic (exact) mass is 375 g/mol. The Bertz CT molecular complexity index is 820. The normalized spacial score (nSPS) is 14.0. The number of nitrogens with zero attached hydrogens (tertiary/aromatic N) is 1. The molecule has 3 N–H and O–H groups in total. The lowest BCUT2D eigenvalue weighted by atomic mass is 10.0. The Morgan fingerprint density at radius 1 is 1.24 bits per heavy atom. The molecule has 0 aromatic heterocycles. The molecule has 1 heterocycles. The molecule has 2 aromatic carbocycles. The summed E-state index contributed by atoms with van der Waals surface area (Å²) in [6, 6.07) is 13.0. The Kier molecular flexibility index (Phi) is 5.74. The zero-order valence-electron chi connectivity index (χ0n) is 13.6. The predicted molar refractivity (Wildman–Crippen MR) is 103 cm³/mol. The number of rotatable bonds is 6. The van der Waals surface area contributed by atoms with Crippen LogP contribution in [0.15, 0.2) is 47.5 Å². The third-order valence-electron chi connectivity index (χ3n) is 4.10. The highest BCUT2D eigenvalue weighted by atomic mass is 35.5. The standard InChI is InChI=1S/C19H19Cl2N3O/c20-14-6-5-12(17(21)9-14)7-15(22)10-19(25)23-11-16-8-13-3-1-2-4-18(13)24-16/h1-6,9,15H,7-8,10-11,22H2,(H,23,25)/t15-/m0/s1. The molecule has 4 nitrogen and oxygen atoms in total. The molecule has 2 aromatic rings. The van der Waals surface area contributed by atoms with E-state index in [4.69, 9.17) is 28.9 Å². The summed E-state index contributed by atoms with van der Waals surface area (Å²) in [4.78, 5) is 16.6. The number of carbonyl (C=O) groups excluding carboxylic acids is 1. The predicted octanol–water partition coefficient (Wildman–Crippen LogP) is 3.70. The smallest absolute Gasteiger partial charge is 0.221 e. The van der Waals surface area contributed by atoms with Gasteiger partial charge in [-0.25, -0.2) is 0 Å². The van der Waals surface area contributed by atoms with Crippen molar-refractivity contribution in [2.24, 2.45) is 10.7 Å². The SMILES string of the molecule is N[C@H](CC(=O)NCC1=Nc2ccccc2C1)Cc1ccc(Cl)cc1Cl. The van der Waals surface area contributed by atoms with Crippen molar-refractivity contribution >= 4 is 40.5 Å². The average molecular weight is 376 g/mol. The fourth-order valence-corrected chi connectivity index (χ4v) is 3.34. The molecule has 1 amide bonds. The van der Waals surface area contributed by atoms with Crippen LogP contribution in [0.1, 0.15) is 17.5 Å². The number of para-hydroxylation sites is 1. The first-order valence-corrected chi connectivity index (χ1v) is 8.87. The quantitative estimate of drug-likeness (QED) is 0.807. The number of benzene rings is 2. The molecule has 1 atom stereocenters. The Balaban J connectivity index is 1.46. The van der Waals surface area contributed by atoms with Crippen LogP contribution in [-0.4, -0.2) is 24.2 Å². The van der Waals surface area contributed by atoms with Crippen LogP contribution in [0.3, 0.4) is 0 Å². The van der Waals surface area contributed by atoms with Crippen molar-refractivity contribution in [3.8, 4) is 0 Å². The van der Waals surface area contributed by atoms with Crippen LogP contribution in [-0.2, 0) is 17.6 Å². The molecule has 3 rings (SSSR count). The van der Waals surface area contributed by atoms with Crippen LogP contribution in [0.25, 0.3) is 0 Å². The third-order valence-corrected chi connectivity index (χ3v) is 4.69. The summed E-state index contributed by atoms with van der Waals surface area (Å²) in [7, 11) is 0. The van der Waals surface area contributed by atoms with Crippen LogP contribution in [0.4, 0.5) is 5.69 Å². The van der Waals surface area contributed by atoms with Gasteiger partial charge in [-0.05, 0) is 35.7 Å². The van der Waals surface area contributed by atoms with E-state index in [0.717, 1.165) is 23.4 Å². The molecular formula is C19H19Cl2N3O. The first-order chi connectivity index (χ1) is 12.0. The van der Waals surface area contributed by atoms with Gasteiger partial charge in [-0.1, -0.05) is 47.5 Å². The second kappa shape index (κ2) is 8.00. The van der Waals surface area contributed by atoms with Gasteiger partial charge >= 0.3 is 0 Å². The van der Waals surface area contributed by atoms with E-state index in [1.807, 2.05) is 24.3 Å². The largest absolute Gasteiger partial charge is 0.351 e. The number of hydrogen-bond acceptors (Lipinski definition) is 3. The van der Waals surface area contributed by atoms with Crippen molar-refractivity contribution in [1.82, 2.24) is 5.32 Å². The Labute approximate surface area is 157 Å². The number of carbonyl (C=O) groups is 1. The Morgan fingerprint density at radius 3 is 2.80 bits per heavy atom. The zero-order valence-corrected chi connectivity index (χ0v) is 15.1. The minimum Gasteiger partial charge on any atom is -0.351 e. The van der Waals surface area contributed by atoms with Gasteiger partial charge < -0.3 is 11.1 Å². The average Bonchev–Trinajstić information content (AvgIpc) is 2.98. The van der Waals surface area contributed by atoms with Gasteiger partial charge in [0.1, 0.15) is 0 Å². The van der Waals surface area contributed by atoms with Crippen molar-refractivity contribution in [3.05, 3.63) is 63.6 Å². The summed E-state index contributed by atoms with van der Waals surface area (Å²) in [6.07, 6.45) is 1.54. The minimum absolute atomic E-state index is 0.0868. The maximum absolute atomic E-state index is 12.1. The van der Waals surface area contributed by atoms with Crippen LogP contribution in [0, 0.1) is 0 Å². The molecule has 130 valence electrons. The zero-order chi connectivity index (χ0) is 17.8. The Morgan fingerprint density at radius 2 is 2.04 bits per heavy atom. The molecule has 0 fully saturated rings. The van der Waals surface area contributed by atoms with E-state index in [0.29, 0.717) is 23.0 Å². The second-order valence-corrected chi connectivity index (χ2v) is 7.01. The molecule has 25 heavy (non-hydrogen) atoms. The van der Waals surface area contributed by atoms with Gasteiger partial charge in [0.05, 0.1) is 12.2 Å². The fraction of sp³-hybridized carbons (Fsp3) is 0.263. The molecule has 6 heteroatoms. The lowest BCUT2D eigenvalue weighted by molar-refractivity contribution is -0.121. The van der Waals surface area contributed by atoms with Gasteiger partial charge in [0.15, 0.2) is 0 Å². The van der Waals surface area contributed by atoms with Crippen LogP contribution in [0.2, 0.25) is 10.0 Å². The molecule has 0 saturated heterocycles. The molecule has 0 saturated carbocycles. The van der Waals surface area contributed by atoms with Crippen LogP contribution >= 0.6 is 23.2 Å². The minimum atomic E-state index is -0.304. The summed E-state index contributed by atoms with van der Waals surface area (Å²) in [5.74, 6) is -0.0868. The van der Waals surface area contributed by atoms with Gasteiger partial charge in [-0.15, -0.1) is 0 Å². The van der Waals surface area contributed by atoms with E-state index in [1.165, 1.54) is 5.56 Å². The highest BCUT2D eigenvalue weighted by Crippen LogP contribution is 2.25. The fourth-order valence-electron chi connectivity index (χ4n) is 2.85. The first-order valence-electron chi connectivity index (χ1n) is 8.12. The number of fused-ring (bicyclic) bond motifs is 1. The number of nitrogens with one attached hydrogen (secondary N) is 1. The van der Waals surface area contributed by atoms with Gasteiger partial charge in [0.2, 0.25) is 5.91 Å². The lowest BCUT2D eigenvalue weighted by Gasteiger charge is -2.13. The van der Waals surface area contributed by atoms with E-state index in [1.54, 1.807) is 12.1 Å². The molecule has 0 spiro atoms. The lowest BCUT2D eigenvalue weighted by Crippen LogP contribution is -2.35. The van der Waals surface area contributed by atoms with E-state index in [9.17, 15) is 4.79 Å². The summed E-state index contributed by atoms with van der Waals surface area (Å²) in [5.41, 5.74) is 10.1. The molecule has 0 radical (unpaired) electrons. The number of halogens is 2. The van der Waals surface area contributed by atoms with Crippen LogP contribution in [0.5, 0.6) is 0 Å². The molecule has 0 unspecified atom stereocenters. The maximum Gasteiger partial charge on any atom is 0.221 e. The number of nitrogens with two attached hydrogens (primary N) is 1. The maximum atomic E-state index is 12.1. The van der Waals surface area contributed by atoms with Gasteiger partial charge in [-0.2, -0.15) is 0 Å². The van der Waals surface area contributed by atoms with Crippen molar-refractivity contribution < 1.29 is 4.79 Å². The van der Waals surface area contributed by atoms with Crippen molar-refractivity contribution in [3.63, 3.8) is 0 Å². The van der Waals surface area contributed by atoms with Crippen molar-refractivity contribution in [2.75, 3.05) is 6.54 Å². The van der Waals surface area contributed by atoms with E-state index in [2.05, 4.69) is 16.4 Å². The highest BCUT2D eigenvalue weighted by Gasteiger charge is 2.16. The number of hydrogen-bond donors (Lipinski definition) is 2. The van der Waals surface area contributed by atoms with Gasteiger partial charge in [0, 0.05) is 34.6 Å². The molecule has 0 bridgehead atoms. The number of amides is 1. The first kappa shape index (κ1) is 17.9. The molecule has 1 aliphatic heterocycles. The third kappa shape index (κ3) is 4.82. The summed E-state index contributed by atoms with van der Waals surface area (Å²) in [6.45, 7) is 0.446. The Hall–Kier alpha value is -1.88. The van der Waals surface area contributed by atoms with Gasteiger partial charge in [-0.3, -0.25) is 9.79 Å². The van der Waals surface area contributed by atoms with Crippen LogP contribution < -0.4 is 11.1 Å². The number of aliphatic imine (C=N–C) groups is 1. The van der Waals surface area contributed by atoms with E-state index >= 15 is 0 Å². The molecule has 1 aliphatic rings. The molecular weight excluding hydrogens is 357 g/mol. The van der Waals surface area contributed by atoms with Crippen molar-refractivity contribution in [2.45, 2.75) is 25.3 Å². The highest BCUT2D eigenvalue weighted by molar-refractivity contribution is 6.35. The summed E-state index contributed by atoms with van der Waals surface area (Å²) in [5, 5.41) is 4.05. The summed E-state index contributed by atoms with van der Waals surface area (Å²) < 4.78 is 0. The second-order valence-electron chi connectivity index (χ2n) is 6.16. The topological polar surface area (TPSA) is 67.5 Å². The summed E-state index contributed by atoms with van der Waals surface area (Å²) >= 11 is 12.0. The van der Waals surface area contributed by atoms with E-state index in [-0.39, 0.29) is 18.4 Å². The van der Waals surface area contributed by atoms with Gasteiger partial charge in [0.25, 0.3) is 0 Å².